The molecular formula is C9H8N2O4. The van der Waals surface area contributed by atoms with Gasteiger partial charge in [0.25, 0.3) is 0 Å². The summed E-state index contributed by atoms with van der Waals surface area (Å²) in [6.07, 6.45) is 2.86. The molecule has 6 nitrogen and oxygen atoms in total. The second-order valence-electron chi connectivity index (χ2n) is 3.14. The Morgan fingerprint density at radius 2 is 2.47 bits per heavy atom. The molecule has 1 aliphatic rings. The number of amides is 1. The average Bonchev–Trinajstić information content (AvgIpc) is 2.75. The van der Waals surface area contributed by atoms with Crippen LogP contribution in [0.1, 0.15) is 12.1 Å². The van der Waals surface area contributed by atoms with Crippen molar-refractivity contribution in [3.63, 3.8) is 0 Å². The van der Waals surface area contributed by atoms with Crippen molar-refractivity contribution in [1.82, 2.24) is 10.3 Å². The quantitative estimate of drug-likeness (QED) is 0.733. The molecule has 1 aliphatic heterocycles. The molecule has 0 atom stereocenters. The Bertz CT molecular complexity index is 433. The van der Waals surface area contributed by atoms with E-state index in [1.165, 1.54) is 12.7 Å². The SMILES string of the molecule is O=C1CC(C(=O)O)=C(Cc2cocn2)N1. The number of carboxylic acid groups (broad SMARTS) is 1. The van der Waals surface area contributed by atoms with E-state index in [-0.39, 0.29) is 24.3 Å². The van der Waals surface area contributed by atoms with Gasteiger partial charge in [-0.1, -0.05) is 0 Å². The molecule has 0 aliphatic carbocycles. The zero-order valence-electron chi connectivity index (χ0n) is 7.69. The molecule has 2 N–H and O–H groups in total. The van der Waals surface area contributed by atoms with Gasteiger partial charge in [-0.15, -0.1) is 0 Å². The minimum atomic E-state index is -1.08. The molecule has 0 radical (unpaired) electrons. The Balaban J connectivity index is 2.22. The number of nitrogens with one attached hydrogen (secondary N) is 1. The number of nitrogens with zero attached hydrogens (tertiary/aromatic N) is 1. The van der Waals surface area contributed by atoms with Gasteiger partial charge in [-0.2, -0.15) is 0 Å². The molecule has 1 aromatic rings. The number of hydrogen-bond acceptors (Lipinski definition) is 4. The molecule has 0 spiro atoms. The van der Waals surface area contributed by atoms with E-state index in [1.54, 1.807) is 0 Å². The third-order valence-corrected chi connectivity index (χ3v) is 2.09. The second kappa shape index (κ2) is 3.56. The van der Waals surface area contributed by atoms with E-state index in [0.717, 1.165) is 0 Å². The summed E-state index contributed by atoms with van der Waals surface area (Å²) in [5.74, 6) is -1.38. The zero-order valence-corrected chi connectivity index (χ0v) is 7.69. The van der Waals surface area contributed by atoms with Gasteiger partial charge in [0.05, 0.1) is 17.7 Å². The lowest BCUT2D eigenvalue weighted by atomic mass is 10.1. The third kappa shape index (κ3) is 1.88. The van der Waals surface area contributed by atoms with Gasteiger partial charge in [0.1, 0.15) is 6.26 Å². The van der Waals surface area contributed by atoms with Gasteiger partial charge in [0.2, 0.25) is 5.91 Å². The molecule has 2 heterocycles. The van der Waals surface area contributed by atoms with Crippen molar-refractivity contribution in [2.45, 2.75) is 12.8 Å². The first-order valence-corrected chi connectivity index (χ1v) is 4.29. The molecule has 6 heteroatoms. The number of allylic oxidation sites excluding steroid dienone is 1. The fourth-order valence-electron chi connectivity index (χ4n) is 1.42. The highest BCUT2D eigenvalue weighted by atomic mass is 16.4. The average molecular weight is 208 g/mol. The van der Waals surface area contributed by atoms with E-state index in [0.29, 0.717) is 11.4 Å². The van der Waals surface area contributed by atoms with Crippen LogP contribution < -0.4 is 5.32 Å². The normalized spacial score (nSPS) is 15.6. The lowest BCUT2D eigenvalue weighted by Gasteiger charge is -2.00. The van der Waals surface area contributed by atoms with Crippen LogP contribution >= 0.6 is 0 Å². The Hall–Kier alpha value is -2.11. The molecule has 15 heavy (non-hydrogen) atoms. The van der Waals surface area contributed by atoms with Crippen LogP contribution in [0.2, 0.25) is 0 Å². The summed E-state index contributed by atoms with van der Waals surface area (Å²) in [5, 5.41) is 11.3. The van der Waals surface area contributed by atoms with Gasteiger partial charge in [0, 0.05) is 12.1 Å². The first kappa shape index (κ1) is 9.45. The van der Waals surface area contributed by atoms with E-state index in [1.807, 2.05) is 0 Å². The fourth-order valence-corrected chi connectivity index (χ4v) is 1.42. The fraction of sp³-hybridized carbons (Fsp3) is 0.222. The van der Waals surface area contributed by atoms with Crippen LogP contribution in [0.4, 0.5) is 0 Å². The lowest BCUT2D eigenvalue weighted by molar-refractivity contribution is -0.133. The molecule has 78 valence electrons. The van der Waals surface area contributed by atoms with E-state index in [9.17, 15) is 9.59 Å². The van der Waals surface area contributed by atoms with Gasteiger partial charge >= 0.3 is 5.97 Å². The summed E-state index contributed by atoms with van der Waals surface area (Å²) in [6, 6.07) is 0. The van der Waals surface area contributed by atoms with Crippen LogP contribution in [-0.4, -0.2) is 22.0 Å². The Morgan fingerprint density at radius 1 is 1.67 bits per heavy atom. The highest BCUT2D eigenvalue weighted by Gasteiger charge is 2.26. The minimum absolute atomic E-state index is 0.0808. The standard InChI is InChI=1S/C9H8N2O4/c12-8-2-6(9(13)14)7(11-8)1-5-3-15-4-10-5/h3-4H,1-2H2,(H,11,12)(H,13,14). The minimum Gasteiger partial charge on any atom is -0.478 e. The molecule has 0 saturated heterocycles. The first-order chi connectivity index (χ1) is 7.16. The molecule has 1 amide bonds. The highest BCUT2D eigenvalue weighted by Crippen LogP contribution is 2.18. The first-order valence-electron chi connectivity index (χ1n) is 4.29. The highest BCUT2D eigenvalue weighted by molar-refractivity contribution is 5.99. The molecular weight excluding hydrogens is 200 g/mol. The summed E-state index contributed by atoms with van der Waals surface area (Å²) >= 11 is 0. The molecule has 0 unspecified atom stereocenters. The van der Waals surface area contributed by atoms with Gasteiger partial charge in [-0.25, -0.2) is 9.78 Å². The predicted octanol–water partition coefficient (Wildman–Crippen LogP) is 0.0757. The van der Waals surface area contributed by atoms with Crippen molar-refractivity contribution in [3.05, 3.63) is 29.6 Å². The van der Waals surface area contributed by atoms with Gasteiger partial charge in [-0.3, -0.25) is 4.79 Å². The van der Waals surface area contributed by atoms with E-state index >= 15 is 0 Å². The van der Waals surface area contributed by atoms with Crippen molar-refractivity contribution >= 4 is 11.9 Å². The maximum Gasteiger partial charge on any atom is 0.333 e. The van der Waals surface area contributed by atoms with Crippen LogP contribution in [0.15, 0.2) is 28.3 Å². The maximum absolute atomic E-state index is 11.0. The van der Waals surface area contributed by atoms with Crippen LogP contribution in [0.3, 0.4) is 0 Å². The van der Waals surface area contributed by atoms with Gasteiger partial charge in [-0.05, 0) is 0 Å². The molecule has 0 bridgehead atoms. The monoisotopic (exact) mass is 208 g/mol. The smallest absolute Gasteiger partial charge is 0.333 e. The molecule has 0 saturated carbocycles. The topological polar surface area (TPSA) is 92.4 Å². The predicted molar refractivity (Wildman–Crippen MR) is 47.6 cm³/mol. The number of hydrogen-bond donors (Lipinski definition) is 2. The van der Waals surface area contributed by atoms with Crippen molar-refractivity contribution < 1.29 is 19.1 Å². The van der Waals surface area contributed by atoms with Crippen molar-refractivity contribution in [1.29, 1.82) is 0 Å². The van der Waals surface area contributed by atoms with Crippen LogP contribution in [-0.2, 0) is 16.0 Å². The number of carbonyl (C=O) groups excluding carboxylic acids is 1. The van der Waals surface area contributed by atoms with E-state index in [4.69, 9.17) is 9.52 Å². The molecule has 0 aromatic carbocycles. The second-order valence-corrected chi connectivity index (χ2v) is 3.14. The van der Waals surface area contributed by atoms with Gasteiger partial charge in [0.15, 0.2) is 6.39 Å². The Morgan fingerprint density at radius 3 is 3.07 bits per heavy atom. The maximum atomic E-state index is 11.0. The summed E-state index contributed by atoms with van der Waals surface area (Å²) in [7, 11) is 0. The summed E-state index contributed by atoms with van der Waals surface area (Å²) in [6.45, 7) is 0. The van der Waals surface area contributed by atoms with E-state index < -0.39 is 5.97 Å². The van der Waals surface area contributed by atoms with Crippen molar-refractivity contribution in [2.75, 3.05) is 0 Å². The summed E-state index contributed by atoms with van der Waals surface area (Å²) < 4.78 is 4.75. The molecule has 0 fully saturated rings. The largest absolute Gasteiger partial charge is 0.478 e. The number of aliphatic carboxylic acids is 1. The molecule has 2 rings (SSSR count). The number of aromatic nitrogens is 1. The van der Waals surface area contributed by atoms with Gasteiger partial charge < -0.3 is 14.8 Å². The van der Waals surface area contributed by atoms with Crippen molar-refractivity contribution in [3.8, 4) is 0 Å². The van der Waals surface area contributed by atoms with E-state index in [2.05, 4.69) is 10.3 Å². The third-order valence-electron chi connectivity index (χ3n) is 2.09. The summed E-state index contributed by atoms with van der Waals surface area (Å²) in [5.41, 5.74) is 1.08. The van der Waals surface area contributed by atoms with Crippen LogP contribution in [0.5, 0.6) is 0 Å². The lowest BCUT2D eigenvalue weighted by Crippen LogP contribution is -2.16. The molecule has 1 aromatic heterocycles. The number of rotatable bonds is 3. The Kier molecular flexibility index (Phi) is 2.24. The van der Waals surface area contributed by atoms with Crippen LogP contribution in [0, 0.1) is 0 Å². The number of carboxylic acids is 1. The van der Waals surface area contributed by atoms with Crippen LogP contribution in [0.25, 0.3) is 0 Å². The summed E-state index contributed by atoms with van der Waals surface area (Å²) in [4.78, 5) is 25.7. The number of carbonyl (C=O) groups is 2. The Labute approximate surface area is 84.6 Å². The zero-order chi connectivity index (χ0) is 10.8. The van der Waals surface area contributed by atoms with Crippen molar-refractivity contribution in [2.24, 2.45) is 0 Å². The number of oxazole rings is 1.